The molecule has 0 atom stereocenters. The number of methoxy groups -OCH3 is 2. The van der Waals surface area contributed by atoms with E-state index in [-0.39, 0.29) is 29.7 Å². The van der Waals surface area contributed by atoms with Crippen LogP contribution in [0.3, 0.4) is 0 Å². The number of hydrogen-bond acceptors (Lipinski definition) is 6. The second kappa shape index (κ2) is 13.6. The Morgan fingerprint density at radius 2 is 1.80 bits per heavy atom. The summed E-state index contributed by atoms with van der Waals surface area (Å²) in [5.74, 6) is -0.0791. The number of benzene rings is 3. The van der Waals surface area contributed by atoms with Gasteiger partial charge in [-0.1, -0.05) is 12.1 Å². The summed E-state index contributed by atoms with van der Waals surface area (Å²) < 4.78 is 53.7. The molecule has 10 heteroatoms. The Morgan fingerprint density at radius 3 is 2.55 bits per heavy atom. The second-order valence-corrected chi connectivity index (χ2v) is 11.1. The number of ether oxygens (including phenoxy) is 4. The number of halogens is 3. The number of nitrogens with zero attached hydrogens (tertiary/aromatic N) is 2. The van der Waals surface area contributed by atoms with Crippen molar-refractivity contribution in [3.05, 3.63) is 94.7 Å². The van der Waals surface area contributed by atoms with Crippen molar-refractivity contribution in [2.45, 2.75) is 37.8 Å². The molecule has 0 spiro atoms. The summed E-state index contributed by atoms with van der Waals surface area (Å²) in [7, 11) is 3.27. The van der Waals surface area contributed by atoms with Gasteiger partial charge < -0.3 is 18.9 Å². The number of aromatic nitrogens is 1. The lowest BCUT2D eigenvalue weighted by Crippen LogP contribution is -2.35. The first-order chi connectivity index (χ1) is 20.9. The molecule has 2 aliphatic heterocycles. The Hall–Kier alpha value is -3.50. The van der Waals surface area contributed by atoms with Gasteiger partial charge in [-0.15, -0.1) is 12.4 Å². The molecule has 0 N–H and O–H groups in total. The van der Waals surface area contributed by atoms with Crippen LogP contribution in [0.25, 0.3) is 10.9 Å². The fourth-order valence-corrected chi connectivity index (χ4v) is 6.40. The Bertz CT molecular complexity index is 1640. The van der Waals surface area contributed by atoms with Crippen molar-refractivity contribution < 1.29 is 32.5 Å². The first-order valence-corrected chi connectivity index (χ1v) is 14.7. The van der Waals surface area contributed by atoms with E-state index in [1.54, 1.807) is 30.9 Å². The third-order valence-electron chi connectivity index (χ3n) is 8.72. The van der Waals surface area contributed by atoms with Gasteiger partial charge >= 0.3 is 0 Å². The molecule has 6 rings (SSSR count). The van der Waals surface area contributed by atoms with E-state index < -0.39 is 11.4 Å². The van der Waals surface area contributed by atoms with Gasteiger partial charge in [-0.05, 0) is 60.0 Å². The van der Waals surface area contributed by atoms with Crippen LogP contribution in [0.2, 0.25) is 0 Å². The Labute approximate surface area is 262 Å². The number of carbonyl (C=O) groups excluding carboxylic acids is 1. The first kappa shape index (κ1) is 31.9. The third-order valence-corrected chi connectivity index (χ3v) is 8.72. The minimum Gasteiger partial charge on any atom is -0.497 e. The number of rotatable bonds is 9. The maximum absolute atomic E-state index is 14.6. The van der Waals surface area contributed by atoms with E-state index >= 15 is 0 Å². The van der Waals surface area contributed by atoms with Crippen LogP contribution >= 0.6 is 12.4 Å². The van der Waals surface area contributed by atoms with Crippen molar-refractivity contribution in [2.75, 3.05) is 47.1 Å². The molecule has 1 aromatic heterocycles. The normalized spacial score (nSPS) is 16.3. The van der Waals surface area contributed by atoms with Gasteiger partial charge in [0.05, 0.1) is 30.4 Å². The SMILES string of the molecule is COc1ccc2c(c1)c1c(n2C(=O)c2ccccc2F)CCN(CCCOc2cc(F)cc(C3(OC)CCOCC3)c2)C1.Cl. The number of hydrogen-bond donors (Lipinski definition) is 0. The van der Waals surface area contributed by atoms with Gasteiger partial charge in [0.25, 0.3) is 5.91 Å². The van der Waals surface area contributed by atoms with Crippen LogP contribution in [0.4, 0.5) is 8.78 Å². The van der Waals surface area contributed by atoms with E-state index in [2.05, 4.69) is 4.90 Å². The van der Waals surface area contributed by atoms with Crippen LogP contribution in [-0.2, 0) is 28.0 Å². The van der Waals surface area contributed by atoms with E-state index in [0.29, 0.717) is 57.1 Å². The summed E-state index contributed by atoms with van der Waals surface area (Å²) >= 11 is 0. The zero-order valence-electron chi connectivity index (χ0n) is 24.9. The van der Waals surface area contributed by atoms with Gasteiger partial charge in [-0.2, -0.15) is 0 Å². The zero-order chi connectivity index (χ0) is 30.0. The molecule has 7 nitrogen and oxygen atoms in total. The van der Waals surface area contributed by atoms with E-state index in [1.165, 1.54) is 24.3 Å². The van der Waals surface area contributed by atoms with Gasteiger partial charge in [0.15, 0.2) is 0 Å². The molecule has 0 radical (unpaired) electrons. The fourth-order valence-electron chi connectivity index (χ4n) is 6.40. The van der Waals surface area contributed by atoms with Gasteiger partial charge in [-0.3, -0.25) is 14.3 Å². The minimum atomic E-state index is -0.570. The summed E-state index contributed by atoms with van der Waals surface area (Å²) in [5.41, 5.74) is 2.93. The predicted octanol–water partition coefficient (Wildman–Crippen LogP) is 6.52. The highest BCUT2D eigenvalue weighted by atomic mass is 35.5. The molecule has 2 aliphatic rings. The molecule has 3 aromatic carbocycles. The summed E-state index contributed by atoms with van der Waals surface area (Å²) in [6, 6.07) is 16.5. The molecule has 0 bridgehead atoms. The van der Waals surface area contributed by atoms with Crippen molar-refractivity contribution in [1.82, 2.24) is 9.47 Å². The molecule has 0 saturated carbocycles. The lowest BCUT2D eigenvalue weighted by molar-refractivity contribution is -0.0950. The second-order valence-electron chi connectivity index (χ2n) is 11.1. The molecule has 1 fully saturated rings. The topological polar surface area (TPSA) is 62.2 Å². The van der Waals surface area contributed by atoms with Crippen LogP contribution in [-0.4, -0.2) is 62.5 Å². The standard InChI is InChI=1S/C34H36F2N2O5.ClH/c1-40-25-8-9-31-28(21-25)29-22-37(14-10-32(29)38(31)33(39)27-6-3-4-7-30(27)36)13-5-15-43-26-19-23(18-24(35)20-26)34(41-2)11-16-42-17-12-34;/h3-4,6-9,18-21H,5,10-17,22H2,1-2H3;1H. The molecule has 0 aliphatic carbocycles. The van der Waals surface area contributed by atoms with Gasteiger partial charge in [0.1, 0.15) is 23.1 Å². The summed E-state index contributed by atoms with van der Waals surface area (Å²) in [5, 5.41) is 0.924. The highest BCUT2D eigenvalue weighted by molar-refractivity contribution is 6.04. The maximum Gasteiger partial charge on any atom is 0.265 e. The highest BCUT2D eigenvalue weighted by Crippen LogP contribution is 2.38. The lowest BCUT2D eigenvalue weighted by Gasteiger charge is -2.36. The van der Waals surface area contributed by atoms with E-state index in [1.807, 2.05) is 24.3 Å². The molecular formula is C34H37ClF2N2O5. The molecule has 4 aromatic rings. The average Bonchev–Trinajstić information content (AvgIpc) is 3.36. The summed E-state index contributed by atoms with van der Waals surface area (Å²) in [4.78, 5) is 15.9. The molecular weight excluding hydrogens is 590 g/mol. The van der Waals surface area contributed by atoms with Gasteiger partial charge in [0.2, 0.25) is 0 Å². The van der Waals surface area contributed by atoms with Crippen LogP contribution in [0.5, 0.6) is 11.5 Å². The lowest BCUT2D eigenvalue weighted by atomic mass is 9.86. The minimum absolute atomic E-state index is 0. The summed E-state index contributed by atoms with van der Waals surface area (Å²) in [6.45, 7) is 3.71. The monoisotopic (exact) mass is 626 g/mol. The van der Waals surface area contributed by atoms with E-state index in [4.69, 9.17) is 18.9 Å². The van der Waals surface area contributed by atoms with Gasteiger partial charge in [-0.25, -0.2) is 8.78 Å². The molecule has 3 heterocycles. The maximum atomic E-state index is 14.6. The van der Waals surface area contributed by atoms with Crippen LogP contribution in [0.15, 0.2) is 60.7 Å². The molecule has 0 unspecified atom stereocenters. The third kappa shape index (κ3) is 6.19. The number of carbonyl (C=O) groups is 1. The van der Waals surface area contributed by atoms with Crippen molar-refractivity contribution in [1.29, 1.82) is 0 Å². The van der Waals surface area contributed by atoms with Crippen molar-refractivity contribution in [3.8, 4) is 11.5 Å². The van der Waals surface area contributed by atoms with E-state index in [0.717, 1.165) is 47.2 Å². The summed E-state index contributed by atoms with van der Waals surface area (Å²) in [6.07, 6.45) is 2.71. The van der Waals surface area contributed by atoms with Crippen molar-refractivity contribution >= 4 is 29.2 Å². The molecule has 0 amide bonds. The number of fused-ring (bicyclic) bond motifs is 3. The smallest absolute Gasteiger partial charge is 0.265 e. The quantitative estimate of drug-likeness (QED) is 0.197. The largest absolute Gasteiger partial charge is 0.497 e. The van der Waals surface area contributed by atoms with Gasteiger partial charge in [0, 0.05) is 76.4 Å². The average molecular weight is 627 g/mol. The first-order valence-electron chi connectivity index (χ1n) is 14.7. The Kier molecular flexibility index (Phi) is 9.90. The van der Waals surface area contributed by atoms with Crippen molar-refractivity contribution in [3.63, 3.8) is 0 Å². The molecule has 234 valence electrons. The van der Waals surface area contributed by atoms with Crippen LogP contribution in [0.1, 0.15) is 46.4 Å². The Morgan fingerprint density at radius 1 is 1.00 bits per heavy atom. The molecule has 1 saturated heterocycles. The van der Waals surface area contributed by atoms with Crippen LogP contribution in [0, 0.1) is 11.6 Å². The fraction of sp³-hybridized carbons (Fsp3) is 0.382. The van der Waals surface area contributed by atoms with Crippen LogP contribution < -0.4 is 9.47 Å². The van der Waals surface area contributed by atoms with E-state index in [9.17, 15) is 13.6 Å². The highest BCUT2D eigenvalue weighted by Gasteiger charge is 2.35. The predicted molar refractivity (Wildman–Crippen MR) is 166 cm³/mol. The zero-order valence-corrected chi connectivity index (χ0v) is 25.8. The van der Waals surface area contributed by atoms with Crippen molar-refractivity contribution in [2.24, 2.45) is 0 Å². The Balaban J connectivity index is 0.00000384. The molecule has 44 heavy (non-hydrogen) atoms.